The summed E-state index contributed by atoms with van der Waals surface area (Å²) in [5, 5.41) is 9.11. The normalized spacial score (nSPS) is 10.6. The average Bonchev–Trinajstić information content (AvgIpc) is 2.89. The molecule has 0 atom stereocenters. The maximum Gasteiger partial charge on any atom is 0.262 e. The second-order valence-corrected chi connectivity index (χ2v) is 7.88. The molecule has 10 heteroatoms. The number of aryl methyl sites for hydroxylation is 1. The van der Waals surface area contributed by atoms with E-state index in [0.29, 0.717) is 22.7 Å². The smallest absolute Gasteiger partial charge is 0.262 e. The van der Waals surface area contributed by atoms with Crippen molar-refractivity contribution in [1.82, 2.24) is 5.43 Å². The van der Waals surface area contributed by atoms with Crippen LogP contribution in [-0.2, 0) is 14.4 Å². The van der Waals surface area contributed by atoms with E-state index in [9.17, 15) is 18.8 Å². The highest BCUT2D eigenvalue weighted by Crippen LogP contribution is 2.27. The van der Waals surface area contributed by atoms with Gasteiger partial charge in [-0.15, -0.1) is 0 Å². The fourth-order valence-electron chi connectivity index (χ4n) is 3.16. The summed E-state index contributed by atoms with van der Waals surface area (Å²) in [5.74, 6) is -1.13. The van der Waals surface area contributed by atoms with Crippen LogP contribution in [0.4, 0.5) is 15.8 Å². The summed E-state index contributed by atoms with van der Waals surface area (Å²) in [7, 11) is 1.44. The fraction of sp³-hybridized carbons (Fsp3) is 0.185. The van der Waals surface area contributed by atoms with Crippen LogP contribution in [0, 0.1) is 12.7 Å². The van der Waals surface area contributed by atoms with E-state index in [2.05, 4.69) is 21.2 Å². The van der Waals surface area contributed by atoms with E-state index >= 15 is 0 Å². The molecule has 0 saturated carbocycles. The number of amides is 3. The van der Waals surface area contributed by atoms with Crippen molar-refractivity contribution in [2.75, 3.05) is 24.4 Å². The van der Waals surface area contributed by atoms with Gasteiger partial charge in [0, 0.05) is 18.5 Å². The van der Waals surface area contributed by atoms with Crippen molar-refractivity contribution in [3.05, 3.63) is 83.7 Å². The molecule has 3 aromatic carbocycles. The van der Waals surface area contributed by atoms with Crippen LogP contribution in [0.15, 0.2) is 71.8 Å². The Balaban J connectivity index is 1.45. The molecule has 0 aliphatic rings. The molecule has 3 aromatic rings. The maximum atomic E-state index is 13.7. The van der Waals surface area contributed by atoms with Crippen LogP contribution >= 0.6 is 0 Å². The molecule has 9 nitrogen and oxygen atoms in total. The molecule has 0 aliphatic carbocycles. The van der Waals surface area contributed by atoms with E-state index in [1.165, 1.54) is 31.5 Å². The molecule has 0 aliphatic heterocycles. The first-order valence-corrected chi connectivity index (χ1v) is 11.4. The van der Waals surface area contributed by atoms with Crippen molar-refractivity contribution < 1.29 is 28.2 Å². The van der Waals surface area contributed by atoms with Crippen LogP contribution in [0.1, 0.15) is 24.0 Å². The van der Waals surface area contributed by atoms with E-state index in [-0.39, 0.29) is 31.0 Å². The Bertz CT molecular complexity index is 1300. The molecule has 0 spiro atoms. The second-order valence-electron chi connectivity index (χ2n) is 7.88. The van der Waals surface area contributed by atoms with Crippen LogP contribution in [0.2, 0.25) is 0 Å². The highest BCUT2D eigenvalue weighted by Gasteiger charge is 2.11. The maximum absolute atomic E-state index is 13.7. The van der Waals surface area contributed by atoms with Gasteiger partial charge in [-0.25, -0.2) is 9.82 Å². The van der Waals surface area contributed by atoms with E-state index in [1.54, 1.807) is 30.3 Å². The number of carbonyl (C=O) groups excluding carboxylic acids is 3. The molecule has 3 rings (SSSR count). The standard InChI is InChI=1S/C27H27FN4O5/c1-18-7-3-5-9-21(18)30-25(33)13-14-26(34)32-29-16-19-11-12-23(24(15-19)36-2)37-17-27(35)31-22-10-6-4-8-20(22)28/h3-12,15-16H,13-14,17H2,1-2H3,(H,30,33)(H,31,35)(H,32,34). The summed E-state index contributed by atoms with van der Waals surface area (Å²) in [6.45, 7) is 1.53. The third kappa shape index (κ3) is 8.46. The SMILES string of the molecule is COc1cc(C=NNC(=O)CCC(=O)Nc2ccccc2C)ccc1OCC(=O)Nc1ccccc1F. The number of hydrogen-bond acceptors (Lipinski definition) is 6. The number of rotatable bonds is 11. The van der Waals surface area contributed by atoms with Gasteiger partial charge in [-0.05, 0) is 54.4 Å². The molecule has 0 unspecified atom stereocenters. The van der Waals surface area contributed by atoms with E-state index in [4.69, 9.17) is 9.47 Å². The lowest BCUT2D eigenvalue weighted by atomic mass is 10.2. The third-order valence-corrected chi connectivity index (χ3v) is 5.10. The first-order chi connectivity index (χ1) is 17.9. The predicted octanol–water partition coefficient (Wildman–Crippen LogP) is 4.03. The van der Waals surface area contributed by atoms with Gasteiger partial charge in [0.2, 0.25) is 11.8 Å². The highest BCUT2D eigenvalue weighted by atomic mass is 19.1. The lowest BCUT2D eigenvalue weighted by molar-refractivity contribution is -0.124. The summed E-state index contributed by atoms with van der Waals surface area (Å²) in [4.78, 5) is 36.2. The largest absolute Gasteiger partial charge is 0.493 e. The Morgan fingerprint density at radius 3 is 2.27 bits per heavy atom. The number of halogens is 1. The van der Waals surface area contributed by atoms with Crippen LogP contribution in [-0.4, -0.2) is 37.7 Å². The third-order valence-electron chi connectivity index (χ3n) is 5.10. The topological polar surface area (TPSA) is 118 Å². The number of carbonyl (C=O) groups is 3. The Hall–Kier alpha value is -4.73. The molecular formula is C27H27FN4O5. The Labute approximate surface area is 213 Å². The predicted molar refractivity (Wildman–Crippen MR) is 138 cm³/mol. The fourth-order valence-corrected chi connectivity index (χ4v) is 3.16. The van der Waals surface area contributed by atoms with E-state index in [0.717, 1.165) is 5.56 Å². The van der Waals surface area contributed by atoms with Crippen molar-refractivity contribution in [2.24, 2.45) is 5.10 Å². The van der Waals surface area contributed by atoms with E-state index in [1.807, 2.05) is 25.1 Å². The molecule has 0 fully saturated rings. The lowest BCUT2D eigenvalue weighted by Gasteiger charge is -2.11. The molecule has 0 radical (unpaired) electrons. The first kappa shape index (κ1) is 26.9. The molecular weight excluding hydrogens is 479 g/mol. The number of ether oxygens (including phenoxy) is 2. The number of para-hydroxylation sites is 2. The number of methoxy groups -OCH3 is 1. The Morgan fingerprint density at radius 1 is 0.865 bits per heavy atom. The second kappa shape index (κ2) is 13.4. The van der Waals surface area contributed by atoms with Gasteiger partial charge in [-0.2, -0.15) is 5.10 Å². The van der Waals surface area contributed by atoms with Gasteiger partial charge in [0.05, 0.1) is 19.0 Å². The van der Waals surface area contributed by atoms with Gasteiger partial charge in [-0.3, -0.25) is 14.4 Å². The number of hydrogen-bond donors (Lipinski definition) is 3. The Kier molecular flexibility index (Phi) is 9.72. The van der Waals surface area contributed by atoms with Gasteiger partial charge in [0.1, 0.15) is 5.82 Å². The van der Waals surface area contributed by atoms with Crippen molar-refractivity contribution >= 4 is 35.3 Å². The van der Waals surface area contributed by atoms with Gasteiger partial charge in [0.15, 0.2) is 18.1 Å². The Morgan fingerprint density at radius 2 is 1.54 bits per heavy atom. The average molecular weight is 507 g/mol. The van der Waals surface area contributed by atoms with Gasteiger partial charge in [0.25, 0.3) is 5.91 Å². The van der Waals surface area contributed by atoms with Crippen LogP contribution in [0.5, 0.6) is 11.5 Å². The zero-order chi connectivity index (χ0) is 26.6. The molecule has 0 bridgehead atoms. The first-order valence-electron chi connectivity index (χ1n) is 11.4. The van der Waals surface area contributed by atoms with E-state index < -0.39 is 17.6 Å². The van der Waals surface area contributed by atoms with Gasteiger partial charge < -0.3 is 20.1 Å². The molecule has 0 aromatic heterocycles. The number of hydrazone groups is 1. The number of anilines is 2. The minimum Gasteiger partial charge on any atom is -0.493 e. The van der Waals surface area contributed by atoms with Crippen molar-refractivity contribution in [1.29, 1.82) is 0 Å². The van der Waals surface area contributed by atoms with Crippen molar-refractivity contribution in [2.45, 2.75) is 19.8 Å². The summed E-state index contributed by atoms with van der Waals surface area (Å²) >= 11 is 0. The summed E-state index contributed by atoms with van der Waals surface area (Å²) in [6.07, 6.45) is 1.39. The molecule has 3 amide bonds. The summed E-state index contributed by atoms with van der Waals surface area (Å²) in [5.41, 5.74) is 4.67. The highest BCUT2D eigenvalue weighted by molar-refractivity contribution is 5.94. The molecule has 0 heterocycles. The zero-order valence-corrected chi connectivity index (χ0v) is 20.4. The van der Waals surface area contributed by atoms with Crippen LogP contribution in [0.3, 0.4) is 0 Å². The number of nitrogens with one attached hydrogen (secondary N) is 3. The zero-order valence-electron chi connectivity index (χ0n) is 20.4. The summed E-state index contributed by atoms with van der Waals surface area (Å²) < 4.78 is 24.5. The monoisotopic (exact) mass is 506 g/mol. The van der Waals surface area contributed by atoms with Gasteiger partial charge in [-0.1, -0.05) is 30.3 Å². The minimum absolute atomic E-state index is 0.0139. The van der Waals surface area contributed by atoms with Crippen molar-refractivity contribution in [3.8, 4) is 11.5 Å². The molecule has 37 heavy (non-hydrogen) atoms. The number of nitrogens with zero attached hydrogens (tertiary/aromatic N) is 1. The molecule has 0 saturated heterocycles. The van der Waals surface area contributed by atoms with Crippen LogP contribution < -0.4 is 25.5 Å². The minimum atomic E-state index is -0.547. The van der Waals surface area contributed by atoms with Crippen molar-refractivity contribution in [3.63, 3.8) is 0 Å². The van der Waals surface area contributed by atoms with Crippen LogP contribution in [0.25, 0.3) is 0 Å². The quantitative estimate of drug-likeness (QED) is 0.268. The molecule has 192 valence electrons. The molecule has 3 N–H and O–H groups in total. The van der Waals surface area contributed by atoms with Gasteiger partial charge >= 0.3 is 0 Å². The summed E-state index contributed by atoms with van der Waals surface area (Å²) in [6, 6.07) is 18.0. The lowest BCUT2D eigenvalue weighted by Crippen LogP contribution is -2.21. The number of benzene rings is 3.